The SMILES string of the molecule is Cc1noc(C)c1CSc1ccccc1C(=O)NCCCCC(=O)O. The number of hydrogen-bond acceptors (Lipinski definition) is 5. The number of thioether (sulfide) groups is 1. The van der Waals surface area contributed by atoms with E-state index in [1.165, 1.54) is 0 Å². The van der Waals surface area contributed by atoms with Gasteiger partial charge < -0.3 is 14.9 Å². The van der Waals surface area contributed by atoms with Gasteiger partial charge in [-0.1, -0.05) is 17.3 Å². The van der Waals surface area contributed by atoms with E-state index in [9.17, 15) is 9.59 Å². The Morgan fingerprint density at radius 3 is 2.68 bits per heavy atom. The number of rotatable bonds is 9. The minimum atomic E-state index is -0.813. The molecule has 6 nitrogen and oxygen atoms in total. The molecule has 2 rings (SSSR count). The van der Waals surface area contributed by atoms with Crippen LogP contribution in [0.5, 0.6) is 0 Å². The second kappa shape index (κ2) is 9.27. The minimum absolute atomic E-state index is 0.125. The third kappa shape index (κ3) is 5.63. The molecule has 7 heteroatoms. The summed E-state index contributed by atoms with van der Waals surface area (Å²) in [4.78, 5) is 23.8. The quantitative estimate of drug-likeness (QED) is 0.523. The van der Waals surface area contributed by atoms with Gasteiger partial charge in [-0.2, -0.15) is 0 Å². The molecule has 25 heavy (non-hydrogen) atoms. The van der Waals surface area contributed by atoms with Crippen LogP contribution >= 0.6 is 11.8 Å². The summed E-state index contributed by atoms with van der Waals surface area (Å²) < 4.78 is 5.17. The lowest BCUT2D eigenvalue weighted by molar-refractivity contribution is -0.137. The number of carbonyl (C=O) groups is 2. The highest BCUT2D eigenvalue weighted by atomic mass is 32.2. The maximum Gasteiger partial charge on any atom is 0.303 e. The normalized spacial score (nSPS) is 10.6. The van der Waals surface area contributed by atoms with Crippen LogP contribution in [-0.2, 0) is 10.5 Å². The van der Waals surface area contributed by atoms with Crippen LogP contribution < -0.4 is 5.32 Å². The molecule has 0 spiro atoms. The molecule has 0 saturated heterocycles. The Bertz CT molecular complexity index is 723. The first-order chi connectivity index (χ1) is 12.0. The molecule has 1 heterocycles. The molecule has 0 aliphatic carbocycles. The number of aryl methyl sites for hydroxylation is 2. The predicted octanol–water partition coefficient (Wildman–Crippen LogP) is 3.57. The maximum atomic E-state index is 12.4. The number of carboxylic acids is 1. The largest absolute Gasteiger partial charge is 0.481 e. The molecule has 0 atom stereocenters. The molecule has 0 saturated carbocycles. The zero-order valence-electron chi connectivity index (χ0n) is 14.4. The maximum absolute atomic E-state index is 12.4. The van der Waals surface area contributed by atoms with Crippen molar-refractivity contribution in [2.45, 2.75) is 43.8 Å². The summed E-state index contributed by atoms with van der Waals surface area (Å²) in [6, 6.07) is 7.45. The van der Waals surface area contributed by atoms with E-state index < -0.39 is 5.97 Å². The fraction of sp³-hybridized carbons (Fsp3) is 0.389. The number of aromatic nitrogens is 1. The van der Waals surface area contributed by atoms with E-state index in [2.05, 4.69) is 10.5 Å². The Balaban J connectivity index is 1.93. The van der Waals surface area contributed by atoms with Gasteiger partial charge in [-0.15, -0.1) is 11.8 Å². The first-order valence-electron chi connectivity index (χ1n) is 8.12. The van der Waals surface area contributed by atoms with E-state index in [4.69, 9.17) is 9.63 Å². The van der Waals surface area contributed by atoms with Crippen molar-refractivity contribution in [3.63, 3.8) is 0 Å². The summed E-state index contributed by atoms with van der Waals surface area (Å²) in [6.45, 7) is 4.25. The number of amides is 1. The van der Waals surface area contributed by atoms with Crippen molar-refractivity contribution in [1.82, 2.24) is 10.5 Å². The Hall–Kier alpha value is -2.28. The van der Waals surface area contributed by atoms with Crippen molar-refractivity contribution in [3.05, 3.63) is 46.8 Å². The highest BCUT2D eigenvalue weighted by Gasteiger charge is 2.14. The van der Waals surface area contributed by atoms with Crippen LogP contribution in [0.15, 0.2) is 33.7 Å². The molecule has 0 unspecified atom stereocenters. The number of carboxylic acid groups (broad SMARTS) is 1. The average Bonchev–Trinajstić information content (AvgIpc) is 2.90. The number of carbonyl (C=O) groups excluding carboxylic acids is 1. The lowest BCUT2D eigenvalue weighted by Gasteiger charge is -2.10. The Morgan fingerprint density at radius 1 is 1.24 bits per heavy atom. The summed E-state index contributed by atoms with van der Waals surface area (Å²) in [5.41, 5.74) is 2.54. The van der Waals surface area contributed by atoms with E-state index in [-0.39, 0.29) is 12.3 Å². The lowest BCUT2D eigenvalue weighted by Crippen LogP contribution is -2.25. The third-order valence-electron chi connectivity index (χ3n) is 3.79. The van der Waals surface area contributed by atoms with E-state index in [1.807, 2.05) is 32.0 Å². The van der Waals surface area contributed by atoms with Crippen LogP contribution in [0.3, 0.4) is 0 Å². The van der Waals surface area contributed by atoms with Gasteiger partial charge in [-0.05, 0) is 38.8 Å². The van der Waals surface area contributed by atoms with Gasteiger partial charge in [0.15, 0.2) is 0 Å². The van der Waals surface area contributed by atoms with Crippen LogP contribution in [-0.4, -0.2) is 28.7 Å². The Kier molecular flexibility index (Phi) is 7.06. The molecule has 0 radical (unpaired) electrons. The molecular weight excluding hydrogens is 340 g/mol. The molecule has 0 fully saturated rings. The van der Waals surface area contributed by atoms with E-state index in [0.717, 1.165) is 21.9 Å². The van der Waals surface area contributed by atoms with Crippen molar-refractivity contribution >= 4 is 23.6 Å². The van der Waals surface area contributed by atoms with Crippen LogP contribution in [0.4, 0.5) is 0 Å². The van der Waals surface area contributed by atoms with Gasteiger partial charge in [0.05, 0.1) is 11.3 Å². The van der Waals surface area contributed by atoms with Crippen molar-refractivity contribution in [3.8, 4) is 0 Å². The topological polar surface area (TPSA) is 92.4 Å². The molecule has 0 aliphatic rings. The number of benzene rings is 1. The molecule has 2 aromatic rings. The molecule has 0 aliphatic heterocycles. The highest BCUT2D eigenvalue weighted by Crippen LogP contribution is 2.28. The van der Waals surface area contributed by atoms with Gasteiger partial charge in [-0.25, -0.2) is 0 Å². The van der Waals surface area contributed by atoms with Gasteiger partial charge in [0.2, 0.25) is 0 Å². The number of unbranched alkanes of at least 4 members (excludes halogenated alkanes) is 1. The summed E-state index contributed by atoms with van der Waals surface area (Å²) >= 11 is 1.57. The van der Waals surface area contributed by atoms with Crippen molar-refractivity contribution in [2.75, 3.05) is 6.54 Å². The van der Waals surface area contributed by atoms with Crippen molar-refractivity contribution < 1.29 is 19.2 Å². The molecule has 134 valence electrons. The Labute approximate surface area is 151 Å². The lowest BCUT2D eigenvalue weighted by atomic mass is 10.2. The fourth-order valence-electron chi connectivity index (χ4n) is 2.34. The fourth-order valence-corrected chi connectivity index (χ4v) is 3.54. The van der Waals surface area contributed by atoms with Gasteiger partial charge >= 0.3 is 5.97 Å². The van der Waals surface area contributed by atoms with Crippen LogP contribution in [0.2, 0.25) is 0 Å². The van der Waals surface area contributed by atoms with E-state index in [1.54, 1.807) is 17.8 Å². The zero-order valence-corrected chi connectivity index (χ0v) is 15.2. The second-order valence-electron chi connectivity index (χ2n) is 5.69. The molecule has 1 aromatic carbocycles. The monoisotopic (exact) mass is 362 g/mol. The van der Waals surface area contributed by atoms with E-state index in [0.29, 0.717) is 30.7 Å². The van der Waals surface area contributed by atoms with Crippen LogP contribution in [0.1, 0.15) is 46.6 Å². The van der Waals surface area contributed by atoms with Crippen molar-refractivity contribution in [2.24, 2.45) is 0 Å². The van der Waals surface area contributed by atoms with Gasteiger partial charge in [-0.3, -0.25) is 9.59 Å². The zero-order chi connectivity index (χ0) is 18.2. The Morgan fingerprint density at radius 2 is 2.00 bits per heavy atom. The first-order valence-corrected chi connectivity index (χ1v) is 9.11. The minimum Gasteiger partial charge on any atom is -0.481 e. The van der Waals surface area contributed by atoms with Crippen LogP contribution in [0.25, 0.3) is 0 Å². The molecule has 0 bridgehead atoms. The standard InChI is InChI=1S/C18H22N2O4S/c1-12-15(13(2)24-20-12)11-25-16-8-4-3-7-14(16)18(23)19-10-6-5-9-17(21)22/h3-4,7-8H,5-6,9-11H2,1-2H3,(H,19,23)(H,21,22). The number of nitrogens with one attached hydrogen (secondary N) is 1. The molecule has 1 aromatic heterocycles. The van der Waals surface area contributed by atoms with Crippen molar-refractivity contribution in [1.29, 1.82) is 0 Å². The summed E-state index contributed by atoms with van der Waals surface area (Å²) in [7, 11) is 0. The third-order valence-corrected chi connectivity index (χ3v) is 4.89. The highest BCUT2D eigenvalue weighted by molar-refractivity contribution is 7.98. The van der Waals surface area contributed by atoms with Gasteiger partial charge in [0.1, 0.15) is 5.76 Å². The van der Waals surface area contributed by atoms with Gasteiger partial charge in [0.25, 0.3) is 5.91 Å². The number of aliphatic carboxylic acids is 1. The smallest absolute Gasteiger partial charge is 0.303 e. The van der Waals surface area contributed by atoms with Crippen LogP contribution in [0, 0.1) is 13.8 Å². The van der Waals surface area contributed by atoms with E-state index >= 15 is 0 Å². The molecule has 1 amide bonds. The second-order valence-corrected chi connectivity index (χ2v) is 6.71. The first kappa shape index (κ1) is 19.1. The number of hydrogen-bond donors (Lipinski definition) is 2. The molecular formula is C18H22N2O4S. The summed E-state index contributed by atoms with van der Waals surface area (Å²) in [5.74, 6) is 0.527. The van der Waals surface area contributed by atoms with Gasteiger partial charge in [0, 0.05) is 29.2 Å². The predicted molar refractivity (Wildman–Crippen MR) is 95.8 cm³/mol. The summed E-state index contributed by atoms with van der Waals surface area (Å²) in [6.07, 6.45) is 1.32. The average molecular weight is 362 g/mol. The number of nitrogens with zero attached hydrogens (tertiary/aromatic N) is 1. The molecule has 2 N–H and O–H groups in total. The summed E-state index contributed by atoms with van der Waals surface area (Å²) in [5, 5.41) is 15.4.